The van der Waals surface area contributed by atoms with Crippen LogP contribution >= 0.6 is 11.8 Å². The predicted octanol–water partition coefficient (Wildman–Crippen LogP) is 2.82. The Balaban J connectivity index is 2.86. The Bertz CT molecular complexity index is 345. The molecular weight excluding hydrogens is 218 g/mol. The molecule has 0 saturated carbocycles. The van der Waals surface area contributed by atoms with Crippen LogP contribution in [-0.4, -0.2) is 18.6 Å². The van der Waals surface area contributed by atoms with Crippen molar-refractivity contribution in [2.75, 3.05) is 12.8 Å². The number of benzene rings is 1. The molecule has 88 valence electrons. The molecule has 0 heterocycles. The number of ketones is 1. The molecule has 3 heteroatoms. The summed E-state index contributed by atoms with van der Waals surface area (Å²) < 4.78 is 0. The van der Waals surface area contributed by atoms with Crippen LogP contribution in [0.5, 0.6) is 0 Å². The largest absolute Gasteiger partial charge is 0.330 e. The van der Waals surface area contributed by atoms with Crippen LogP contribution in [0.4, 0.5) is 0 Å². The maximum absolute atomic E-state index is 12.1. The zero-order valence-corrected chi connectivity index (χ0v) is 10.9. The fourth-order valence-corrected chi connectivity index (χ4v) is 2.06. The molecule has 0 aliphatic carbocycles. The molecule has 0 fully saturated rings. The van der Waals surface area contributed by atoms with Gasteiger partial charge in [-0.15, -0.1) is 11.8 Å². The Morgan fingerprint density at radius 2 is 1.88 bits per heavy atom. The lowest BCUT2D eigenvalue weighted by Crippen LogP contribution is -2.28. The number of nitrogens with two attached hydrogens (primary N) is 1. The molecule has 1 rings (SSSR count). The van der Waals surface area contributed by atoms with Gasteiger partial charge in [-0.3, -0.25) is 4.79 Å². The summed E-state index contributed by atoms with van der Waals surface area (Å²) in [5.41, 5.74) is 6.41. The van der Waals surface area contributed by atoms with Gasteiger partial charge in [0.2, 0.25) is 0 Å². The van der Waals surface area contributed by atoms with Crippen molar-refractivity contribution in [2.45, 2.75) is 18.7 Å². The first-order chi connectivity index (χ1) is 7.60. The minimum Gasteiger partial charge on any atom is -0.330 e. The molecule has 1 aromatic rings. The lowest BCUT2D eigenvalue weighted by atomic mass is 9.88. The molecule has 0 aromatic heterocycles. The van der Waals surface area contributed by atoms with Crippen LogP contribution in [0.2, 0.25) is 0 Å². The van der Waals surface area contributed by atoms with Gasteiger partial charge in [0, 0.05) is 22.9 Å². The summed E-state index contributed by atoms with van der Waals surface area (Å²) in [7, 11) is 0. The average Bonchev–Trinajstić information content (AvgIpc) is 2.29. The Morgan fingerprint density at radius 3 is 2.25 bits per heavy atom. The molecule has 1 aromatic carbocycles. The first-order valence-corrected chi connectivity index (χ1v) is 6.71. The summed E-state index contributed by atoms with van der Waals surface area (Å²) in [4.78, 5) is 13.3. The van der Waals surface area contributed by atoms with Crippen LogP contribution in [0.15, 0.2) is 29.2 Å². The zero-order valence-electron chi connectivity index (χ0n) is 10.1. The Kier molecular flexibility index (Phi) is 5.03. The number of carbonyl (C=O) groups excluding carboxylic acids is 1. The zero-order chi connectivity index (χ0) is 12.1. The van der Waals surface area contributed by atoms with E-state index in [2.05, 4.69) is 0 Å². The Morgan fingerprint density at radius 1 is 1.31 bits per heavy atom. The topological polar surface area (TPSA) is 43.1 Å². The summed E-state index contributed by atoms with van der Waals surface area (Å²) in [6, 6.07) is 7.73. The van der Waals surface area contributed by atoms with E-state index < -0.39 is 0 Å². The van der Waals surface area contributed by atoms with Gasteiger partial charge in [-0.2, -0.15) is 0 Å². The van der Waals surface area contributed by atoms with Crippen molar-refractivity contribution in [2.24, 2.45) is 17.6 Å². The molecule has 2 N–H and O–H groups in total. The van der Waals surface area contributed by atoms with E-state index in [9.17, 15) is 4.79 Å². The minimum atomic E-state index is -0.0693. The fourth-order valence-electron chi connectivity index (χ4n) is 1.65. The smallest absolute Gasteiger partial charge is 0.167 e. The standard InChI is InChI=1S/C13H19NOS/c1-9(2)12(8-14)13(15)10-4-6-11(16-3)7-5-10/h4-7,9,12H,8,14H2,1-3H3. The third kappa shape index (κ3) is 3.09. The molecule has 0 aliphatic heterocycles. The van der Waals surface area contributed by atoms with Gasteiger partial charge in [0.05, 0.1) is 0 Å². The van der Waals surface area contributed by atoms with Crippen molar-refractivity contribution in [3.8, 4) is 0 Å². The minimum absolute atomic E-state index is 0.0693. The Hall–Kier alpha value is -0.800. The van der Waals surface area contributed by atoms with Crippen molar-refractivity contribution < 1.29 is 4.79 Å². The third-order valence-corrected chi connectivity index (χ3v) is 3.51. The Labute approximate surface area is 102 Å². The van der Waals surface area contributed by atoms with Crippen LogP contribution in [0.3, 0.4) is 0 Å². The van der Waals surface area contributed by atoms with Crippen molar-refractivity contribution in [1.29, 1.82) is 0 Å². The number of Topliss-reactive ketones (excluding diaryl/α,β-unsaturated/α-hetero) is 1. The van der Waals surface area contributed by atoms with Crippen molar-refractivity contribution >= 4 is 17.5 Å². The summed E-state index contributed by atoms with van der Waals surface area (Å²) in [6.07, 6.45) is 2.02. The number of hydrogen-bond donors (Lipinski definition) is 1. The van der Waals surface area contributed by atoms with E-state index in [4.69, 9.17) is 5.73 Å². The van der Waals surface area contributed by atoms with Crippen molar-refractivity contribution in [3.05, 3.63) is 29.8 Å². The predicted molar refractivity (Wildman–Crippen MR) is 69.9 cm³/mol. The van der Waals surface area contributed by atoms with Gasteiger partial charge in [-0.1, -0.05) is 26.0 Å². The van der Waals surface area contributed by atoms with Gasteiger partial charge in [-0.25, -0.2) is 0 Å². The highest BCUT2D eigenvalue weighted by Crippen LogP contribution is 2.19. The van der Waals surface area contributed by atoms with E-state index in [-0.39, 0.29) is 17.6 Å². The number of carbonyl (C=O) groups is 1. The van der Waals surface area contributed by atoms with Gasteiger partial charge in [0.25, 0.3) is 0 Å². The van der Waals surface area contributed by atoms with E-state index in [1.807, 2.05) is 44.4 Å². The molecule has 0 amide bonds. The lowest BCUT2D eigenvalue weighted by molar-refractivity contribution is 0.0892. The van der Waals surface area contributed by atoms with Crippen molar-refractivity contribution in [3.63, 3.8) is 0 Å². The SMILES string of the molecule is CSc1ccc(C(=O)C(CN)C(C)C)cc1. The maximum atomic E-state index is 12.1. The molecule has 1 atom stereocenters. The van der Waals surface area contributed by atoms with E-state index in [1.165, 1.54) is 4.90 Å². The lowest BCUT2D eigenvalue weighted by Gasteiger charge is -2.17. The molecule has 2 nitrogen and oxygen atoms in total. The number of thioether (sulfide) groups is 1. The number of rotatable bonds is 5. The molecular formula is C13H19NOS. The third-order valence-electron chi connectivity index (χ3n) is 2.77. The monoisotopic (exact) mass is 237 g/mol. The van der Waals surface area contributed by atoms with Crippen LogP contribution in [0, 0.1) is 11.8 Å². The first kappa shape index (κ1) is 13.3. The highest BCUT2D eigenvalue weighted by Gasteiger charge is 2.21. The van der Waals surface area contributed by atoms with E-state index in [0.717, 1.165) is 5.56 Å². The van der Waals surface area contributed by atoms with Crippen molar-refractivity contribution in [1.82, 2.24) is 0 Å². The molecule has 0 spiro atoms. The van der Waals surface area contributed by atoms with Crippen LogP contribution in [0.25, 0.3) is 0 Å². The maximum Gasteiger partial charge on any atom is 0.167 e. The first-order valence-electron chi connectivity index (χ1n) is 5.48. The van der Waals surface area contributed by atoms with E-state index in [0.29, 0.717) is 6.54 Å². The summed E-state index contributed by atoms with van der Waals surface area (Å²) in [6.45, 7) is 4.48. The van der Waals surface area contributed by atoms with E-state index >= 15 is 0 Å². The average molecular weight is 237 g/mol. The van der Waals surface area contributed by atoms with Gasteiger partial charge in [-0.05, 0) is 24.3 Å². The quantitative estimate of drug-likeness (QED) is 0.632. The van der Waals surface area contributed by atoms with Gasteiger partial charge < -0.3 is 5.73 Å². The molecule has 1 unspecified atom stereocenters. The fraction of sp³-hybridized carbons (Fsp3) is 0.462. The molecule has 0 radical (unpaired) electrons. The van der Waals surface area contributed by atoms with Crippen LogP contribution in [0.1, 0.15) is 24.2 Å². The highest BCUT2D eigenvalue weighted by molar-refractivity contribution is 7.98. The van der Waals surface area contributed by atoms with Gasteiger partial charge in [0.1, 0.15) is 0 Å². The van der Waals surface area contributed by atoms with Crippen LogP contribution < -0.4 is 5.73 Å². The molecule has 0 saturated heterocycles. The highest BCUT2D eigenvalue weighted by atomic mass is 32.2. The van der Waals surface area contributed by atoms with Crippen LogP contribution in [-0.2, 0) is 0 Å². The van der Waals surface area contributed by atoms with E-state index in [1.54, 1.807) is 11.8 Å². The molecule has 0 bridgehead atoms. The summed E-state index contributed by atoms with van der Waals surface area (Å²) >= 11 is 1.67. The summed E-state index contributed by atoms with van der Waals surface area (Å²) in [5.74, 6) is 0.378. The number of hydrogen-bond acceptors (Lipinski definition) is 3. The normalized spacial score (nSPS) is 12.8. The summed E-state index contributed by atoms with van der Waals surface area (Å²) in [5, 5.41) is 0. The second-order valence-corrected chi connectivity index (χ2v) is 5.06. The van der Waals surface area contributed by atoms with Gasteiger partial charge >= 0.3 is 0 Å². The molecule has 0 aliphatic rings. The molecule has 16 heavy (non-hydrogen) atoms. The second-order valence-electron chi connectivity index (χ2n) is 4.18. The van der Waals surface area contributed by atoms with Gasteiger partial charge in [0.15, 0.2) is 5.78 Å². The second kappa shape index (κ2) is 6.06.